The quantitative estimate of drug-likeness (QED) is 0.377. The van der Waals surface area contributed by atoms with E-state index in [0.29, 0.717) is 11.8 Å². The van der Waals surface area contributed by atoms with Gasteiger partial charge < -0.3 is 0 Å². The summed E-state index contributed by atoms with van der Waals surface area (Å²) in [5.74, 6) is 1.14. The third-order valence-electron chi connectivity index (χ3n) is 3.86. The van der Waals surface area contributed by atoms with E-state index >= 15 is 0 Å². The molecule has 0 fully saturated rings. The van der Waals surface area contributed by atoms with Gasteiger partial charge in [-0.15, -0.1) is 0 Å². The highest BCUT2D eigenvalue weighted by Gasteiger charge is 2.02. The minimum atomic E-state index is 0.571. The van der Waals surface area contributed by atoms with Crippen LogP contribution in [0.15, 0.2) is 47.6 Å². The fraction of sp³-hybridized carbons (Fsp3) is 0.556. The van der Waals surface area contributed by atoms with Crippen LogP contribution in [0.1, 0.15) is 54.4 Å². The van der Waals surface area contributed by atoms with Gasteiger partial charge in [0.15, 0.2) is 0 Å². The number of hydrogen-bond acceptors (Lipinski definition) is 0. The van der Waals surface area contributed by atoms with Crippen LogP contribution >= 0.6 is 0 Å². The topological polar surface area (TPSA) is 0 Å². The molecule has 0 rings (SSSR count). The van der Waals surface area contributed by atoms with E-state index in [9.17, 15) is 0 Å². The van der Waals surface area contributed by atoms with Crippen molar-refractivity contribution in [3.8, 4) is 0 Å². The van der Waals surface area contributed by atoms with E-state index < -0.39 is 0 Å². The molecule has 0 spiro atoms. The molecule has 0 bridgehead atoms. The van der Waals surface area contributed by atoms with Crippen LogP contribution in [0, 0.1) is 11.8 Å². The van der Waals surface area contributed by atoms with Crippen molar-refractivity contribution in [3.63, 3.8) is 0 Å². The molecular formula is C18H30. The normalized spacial score (nSPS) is 16.3. The Morgan fingerprint density at radius 3 is 1.28 bits per heavy atom. The van der Waals surface area contributed by atoms with Gasteiger partial charge in [0.25, 0.3) is 0 Å². The third kappa shape index (κ3) is 6.64. The molecule has 0 nitrogen and oxygen atoms in total. The summed E-state index contributed by atoms with van der Waals surface area (Å²) in [5, 5.41) is 0. The van der Waals surface area contributed by atoms with Crippen molar-refractivity contribution < 1.29 is 0 Å². The Hall–Kier alpha value is -1.04. The maximum Gasteiger partial charge on any atom is -0.0202 e. The van der Waals surface area contributed by atoms with Crippen molar-refractivity contribution in [2.75, 3.05) is 0 Å². The lowest BCUT2D eigenvalue weighted by molar-refractivity contribution is 0.691. The van der Waals surface area contributed by atoms with Gasteiger partial charge in [0, 0.05) is 0 Å². The van der Waals surface area contributed by atoms with E-state index in [1.807, 2.05) is 0 Å². The lowest BCUT2D eigenvalue weighted by Gasteiger charge is -2.11. The molecule has 0 N–H and O–H groups in total. The maximum absolute atomic E-state index is 4.00. The van der Waals surface area contributed by atoms with Crippen molar-refractivity contribution in [3.05, 3.63) is 47.6 Å². The highest BCUT2D eigenvalue weighted by molar-refractivity contribution is 5.27. The third-order valence-corrected chi connectivity index (χ3v) is 3.86. The molecule has 0 heterocycles. The van der Waals surface area contributed by atoms with Gasteiger partial charge in [0.05, 0.1) is 0 Å². The monoisotopic (exact) mass is 246 g/mol. The number of rotatable bonds is 7. The van der Waals surface area contributed by atoms with Gasteiger partial charge in [-0.3, -0.25) is 0 Å². The lowest BCUT2D eigenvalue weighted by atomic mass is 9.95. The molecule has 2 atom stereocenters. The highest BCUT2D eigenvalue weighted by Crippen LogP contribution is 2.19. The predicted octanol–water partition coefficient (Wildman–Crippen LogP) is 6.08. The first-order valence-corrected chi connectivity index (χ1v) is 6.90. The summed E-state index contributed by atoms with van der Waals surface area (Å²) in [7, 11) is 0. The van der Waals surface area contributed by atoms with E-state index in [1.165, 1.54) is 22.3 Å². The van der Waals surface area contributed by atoms with Crippen molar-refractivity contribution in [1.82, 2.24) is 0 Å². The van der Waals surface area contributed by atoms with Crippen molar-refractivity contribution in [2.24, 2.45) is 11.8 Å². The molecule has 0 aromatic rings. The zero-order valence-corrected chi connectivity index (χ0v) is 13.1. The van der Waals surface area contributed by atoms with Crippen LogP contribution in [0.3, 0.4) is 0 Å². The lowest BCUT2D eigenvalue weighted by Crippen LogP contribution is -1.95. The van der Waals surface area contributed by atoms with E-state index in [-0.39, 0.29) is 0 Å². The number of hydrogen-bond donors (Lipinski definition) is 0. The molecule has 0 aliphatic rings. The molecule has 0 aliphatic heterocycles. The Morgan fingerprint density at radius 1 is 0.778 bits per heavy atom. The largest absolute Gasteiger partial charge is 0.0999 e. The molecule has 0 aliphatic carbocycles. The molecule has 0 amide bonds. The molecular weight excluding hydrogens is 216 g/mol. The standard InChI is InChI=1S/C18H30/c1-13(2)15(5)9-11-17(7)18(8)12-10-16(6)14(3)4/h11-12,15-16H,1,3,9-10H2,2,4-8H3. The zero-order valence-electron chi connectivity index (χ0n) is 13.1. The Morgan fingerprint density at radius 2 is 1.06 bits per heavy atom. The van der Waals surface area contributed by atoms with Crippen molar-refractivity contribution in [2.45, 2.75) is 54.4 Å². The van der Waals surface area contributed by atoms with E-state index in [1.54, 1.807) is 0 Å². The van der Waals surface area contributed by atoms with Crippen LogP contribution in [-0.2, 0) is 0 Å². The van der Waals surface area contributed by atoms with Crippen molar-refractivity contribution >= 4 is 0 Å². The van der Waals surface area contributed by atoms with Gasteiger partial charge in [-0.2, -0.15) is 0 Å². The fourth-order valence-electron chi connectivity index (χ4n) is 1.43. The average molecular weight is 246 g/mol. The van der Waals surface area contributed by atoms with Crippen LogP contribution in [0.25, 0.3) is 0 Å². The van der Waals surface area contributed by atoms with Crippen LogP contribution in [-0.4, -0.2) is 0 Å². The van der Waals surface area contributed by atoms with Crippen LogP contribution in [0.5, 0.6) is 0 Å². The molecule has 0 heteroatoms. The molecule has 0 saturated heterocycles. The first-order valence-electron chi connectivity index (χ1n) is 6.90. The van der Waals surface area contributed by atoms with E-state index in [0.717, 1.165) is 12.8 Å². The summed E-state index contributed by atoms with van der Waals surface area (Å²) in [6.07, 6.45) is 6.83. The molecule has 0 saturated carbocycles. The molecule has 2 unspecified atom stereocenters. The first-order chi connectivity index (χ1) is 8.25. The minimum absolute atomic E-state index is 0.571. The second kappa shape index (κ2) is 8.13. The van der Waals surface area contributed by atoms with Gasteiger partial charge in [0.1, 0.15) is 0 Å². The van der Waals surface area contributed by atoms with Gasteiger partial charge in [-0.05, 0) is 52.4 Å². The minimum Gasteiger partial charge on any atom is -0.0999 e. The van der Waals surface area contributed by atoms with Crippen molar-refractivity contribution in [1.29, 1.82) is 0 Å². The van der Waals surface area contributed by atoms with Gasteiger partial charge in [-0.1, -0.05) is 61.4 Å². The Kier molecular flexibility index (Phi) is 7.66. The fourth-order valence-corrected chi connectivity index (χ4v) is 1.43. The van der Waals surface area contributed by atoms with Crippen LogP contribution < -0.4 is 0 Å². The molecule has 0 aromatic heterocycles. The summed E-state index contributed by atoms with van der Waals surface area (Å²) in [6.45, 7) is 21.1. The Labute approximate surface area is 114 Å². The first kappa shape index (κ1) is 17.0. The zero-order chi connectivity index (χ0) is 14.3. The molecule has 18 heavy (non-hydrogen) atoms. The van der Waals surface area contributed by atoms with Gasteiger partial charge in [0.2, 0.25) is 0 Å². The Bertz CT molecular complexity index is 316. The maximum atomic E-state index is 4.00. The van der Waals surface area contributed by atoms with Gasteiger partial charge >= 0.3 is 0 Å². The van der Waals surface area contributed by atoms with E-state index in [2.05, 4.69) is 66.9 Å². The number of allylic oxidation sites excluding steroid dienone is 6. The van der Waals surface area contributed by atoms with Gasteiger partial charge in [-0.25, -0.2) is 0 Å². The smallest absolute Gasteiger partial charge is 0.0202 e. The summed E-state index contributed by atoms with van der Waals surface area (Å²) < 4.78 is 0. The second-order valence-electron chi connectivity index (χ2n) is 5.74. The summed E-state index contributed by atoms with van der Waals surface area (Å²) in [6, 6.07) is 0. The van der Waals surface area contributed by atoms with E-state index in [4.69, 9.17) is 0 Å². The molecule has 0 radical (unpaired) electrons. The molecule has 102 valence electrons. The van der Waals surface area contributed by atoms with Crippen LogP contribution in [0.2, 0.25) is 0 Å². The van der Waals surface area contributed by atoms with Crippen LogP contribution in [0.4, 0.5) is 0 Å². The summed E-state index contributed by atoms with van der Waals surface area (Å²) >= 11 is 0. The summed E-state index contributed by atoms with van der Waals surface area (Å²) in [5.41, 5.74) is 5.29. The average Bonchev–Trinajstić information content (AvgIpc) is 2.31. The summed E-state index contributed by atoms with van der Waals surface area (Å²) in [4.78, 5) is 0. The highest BCUT2D eigenvalue weighted by atomic mass is 14.1. The SMILES string of the molecule is C=C(C)C(C)CC=C(C)C(C)=CCC(C)C(=C)C. The Balaban J connectivity index is 4.44. The second-order valence-corrected chi connectivity index (χ2v) is 5.74. The molecule has 0 aromatic carbocycles. The predicted molar refractivity (Wildman–Crippen MR) is 84.7 cm³/mol.